The van der Waals surface area contributed by atoms with E-state index in [4.69, 9.17) is 0 Å². The quantitative estimate of drug-likeness (QED) is 0.642. The van der Waals surface area contributed by atoms with Gasteiger partial charge in [-0.1, -0.05) is 20.8 Å². The number of hydrogen-bond donors (Lipinski definition) is 1. The Morgan fingerprint density at radius 2 is 2.15 bits per heavy atom. The van der Waals surface area contributed by atoms with Crippen LogP contribution in [0.2, 0.25) is 0 Å². The first-order valence-corrected chi connectivity index (χ1v) is 4.69. The zero-order chi connectivity index (χ0) is 9.47. The highest BCUT2D eigenvalue weighted by Gasteiger charge is 2.17. The van der Waals surface area contributed by atoms with E-state index in [9.17, 15) is 0 Å². The van der Waals surface area contributed by atoms with Crippen LogP contribution in [-0.2, 0) is 12.0 Å². The largest absolute Gasteiger partial charge is 0.384 e. The van der Waals surface area contributed by atoms with E-state index in [1.54, 1.807) is 0 Å². The molecule has 1 aliphatic heterocycles. The monoisotopic (exact) mass is 176 g/mol. The van der Waals surface area contributed by atoms with Crippen molar-refractivity contribution in [2.24, 2.45) is 0 Å². The summed E-state index contributed by atoms with van der Waals surface area (Å²) >= 11 is 0. The van der Waals surface area contributed by atoms with Crippen molar-refractivity contribution in [3.63, 3.8) is 0 Å². The van der Waals surface area contributed by atoms with Crippen molar-refractivity contribution in [3.05, 3.63) is 29.7 Å². The minimum atomic E-state index is 0.248. The predicted molar refractivity (Wildman–Crippen MR) is 55.3 cm³/mol. The molecule has 0 radical (unpaired) electrons. The Bertz CT molecular complexity index is 339. The first kappa shape index (κ1) is 8.42. The predicted octanol–water partition coefficient (Wildman–Crippen LogP) is 2.32. The van der Waals surface area contributed by atoms with Gasteiger partial charge in [0.2, 0.25) is 0 Å². The molecule has 0 bridgehead atoms. The normalized spacial score (nSPS) is 15.3. The number of aromatic nitrogens is 1. The molecule has 0 aromatic carbocycles. The van der Waals surface area contributed by atoms with Crippen molar-refractivity contribution >= 4 is 6.20 Å². The van der Waals surface area contributed by atoms with Crippen LogP contribution < -0.4 is 5.32 Å². The van der Waals surface area contributed by atoms with Crippen molar-refractivity contribution in [1.29, 1.82) is 0 Å². The second kappa shape index (κ2) is 2.66. The molecule has 1 aromatic heterocycles. The van der Waals surface area contributed by atoms with Gasteiger partial charge in [-0.15, -0.1) is 0 Å². The highest BCUT2D eigenvalue weighted by molar-refractivity contribution is 5.37. The van der Waals surface area contributed by atoms with E-state index in [-0.39, 0.29) is 5.41 Å². The molecule has 2 heterocycles. The molecule has 0 spiro atoms. The van der Waals surface area contributed by atoms with Gasteiger partial charge in [-0.25, -0.2) is 0 Å². The SMILES string of the molecule is CC(C)(C)c1cc2n(c1)C=CNC2. The molecule has 0 fully saturated rings. The molecule has 2 heteroatoms. The van der Waals surface area contributed by atoms with E-state index in [1.165, 1.54) is 11.3 Å². The Morgan fingerprint density at radius 1 is 1.38 bits per heavy atom. The third kappa shape index (κ3) is 1.48. The molecule has 0 saturated carbocycles. The van der Waals surface area contributed by atoms with Gasteiger partial charge in [-0.3, -0.25) is 0 Å². The Labute approximate surface area is 79.3 Å². The van der Waals surface area contributed by atoms with Gasteiger partial charge in [-0.05, 0) is 17.0 Å². The first-order chi connectivity index (χ1) is 6.07. The summed E-state index contributed by atoms with van der Waals surface area (Å²) in [5.74, 6) is 0. The Kier molecular flexibility index (Phi) is 1.72. The third-order valence-electron chi connectivity index (χ3n) is 2.43. The van der Waals surface area contributed by atoms with E-state index < -0.39 is 0 Å². The zero-order valence-electron chi connectivity index (χ0n) is 8.46. The van der Waals surface area contributed by atoms with Gasteiger partial charge in [0.15, 0.2) is 0 Å². The summed E-state index contributed by atoms with van der Waals surface area (Å²) in [4.78, 5) is 0. The van der Waals surface area contributed by atoms with E-state index in [0.29, 0.717) is 0 Å². The van der Waals surface area contributed by atoms with E-state index in [1.807, 2.05) is 6.20 Å². The minimum absolute atomic E-state index is 0.248. The number of rotatable bonds is 0. The van der Waals surface area contributed by atoms with Gasteiger partial charge in [-0.2, -0.15) is 0 Å². The maximum atomic E-state index is 3.20. The average Bonchev–Trinajstić information content (AvgIpc) is 2.45. The van der Waals surface area contributed by atoms with Crippen LogP contribution in [0.15, 0.2) is 18.5 Å². The third-order valence-corrected chi connectivity index (χ3v) is 2.43. The van der Waals surface area contributed by atoms with Gasteiger partial charge >= 0.3 is 0 Å². The number of hydrogen-bond acceptors (Lipinski definition) is 1. The summed E-state index contributed by atoms with van der Waals surface area (Å²) in [6, 6.07) is 2.27. The summed E-state index contributed by atoms with van der Waals surface area (Å²) in [6.45, 7) is 7.66. The second-order valence-electron chi connectivity index (χ2n) is 4.57. The lowest BCUT2D eigenvalue weighted by atomic mass is 9.89. The summed E-state index contributed by atoms with van der Waals surface area (Å²) in [5.41, 5.74) is 2.99. The van der Waals surface area contributed by atoms with Crippen molar-refractivity contribution in [1.82, 2.24) is 9.88 Å². The molecular formula is C11H16N2. The van der Waals surface area contributed by atoms with Gasteiger partial charge in [0.05, 0.1) is 6.54 Å². The van der Waals surface area contributed by atoms with Crippen molar-refractivity contribution in [2.75, 3.05) is 0 Å². The molecule has 0 aliphatic carbocycles. The fraction of sp³-hybridized carbons (Fsp3) is 0.455. The summed E-state index contributed by atoms with van der Waals surface area (Å²) < 4.78 is 2.19. The first-order valence-electron chi connectivity index (χ1n) is 4.69. The van der Waals surface area contributed by atoms with E-state index in [0.717, 1.165) is 6.54 Å². The molecule has 1 N–H and O–H groups in total. The maximum Gasteiger partial charge on any atom is 0.0551 e. The van der Waals surface area contributed by atoms with Crippen LogP contribution in [0.1, 0.15) is 32.0 Å². The molecule has 1 aromatic rings. The molecule has 0 amide bonds. The van der Waals surface area contributed by atoms with Crippen LogP contribution in [0.4, 0.5) is 0 Å². The molecule has 2 rings (SSSR count). The van der Waals surface area contributed by atoms with Crippen LogP contribution in [0.3, 0.4) is 0 Å². The molecular weight excluding hydrogens is 160 g/mol. The standard InChI is InChI=1S/C11H16N2/c1-11(2,3)9-6-10-7-12-4-5-13(10)8-9/h4-6,8,12H,7H2,1-3H3. The summed E-state index contributed by atoms with van der Waals surface area (Å²) in [5, 5.41) is 3.20. The molecule has 0 atom stereocenters. The van der Waals surface area contributed by atoms with E-state index in [2.05, 4.69) is 49.1 Å². The smallest absolute Gasteiger partial charge is 0.0551 e. The van der Waals surface area contributed by atoms with Crippen LogP contribution in [0.25, 0.3) is 6.20 Å². The summed E-state index contributed by atoms with van der Waals surface area (Å²) in [7, 11) is 0. The number of fused-ring (bicyclic) bond motifs is 1. The number of nitrogens with one attached hydrogen (secondary N) is 1. The summed E-state index contributed by atoms with van der Waals surface area (Å²) in [6.07, 6.45) is 6.26. The van der Waals surface area contributed by atoms with Crippen molar-refractivity contribution < 1.29 is 0 Å². The fourth-order valence-corrected chi connectivity index (χ4v) is 1.51. The Hall–Kier alpha value is -1.18. The molecule has 0 saturated heterocycles. The molecule has 0 unspecified atom stereocenters. The van der Waals surface area contributed by atoms with Crippen LogP contribution in [0.5, 0.6) is 0 Å². The van der Waals surface area contributed by atoms with Crippen molar-refractivity contribution in [3.8, 4) is 0 Å². The van der Waals surface area contributed by atoms with Crippen LogP contribution in [0, 0.1) is 0 Å². The zero-order valence-corrected chi connectivity index (χ0v) is 8.46. The fourth-order valence-electron chi connectivity index (χ4n) is 1.51. The van der Waals surface area contributed by atoms with E-state index >= 15 is 0 Å². The van der Waals surface area contributed by atoms with Gasteiger partial charge < -0.3 is 9.88 Å². The Balaban J connectivity index is 2.42. The van der Waals surface area contributed by atoms with Gasteiger partial charge in [0.25, 0.3) is 0 Å². The van der Waals surface area contributed by atoms with Gasteiger partial charge in [0.1, 0.15) is 0 Å². The lowest BCUT2D eigenvalue weighted by Crippen LogP contribution is -2.12. The lowest BCUT2D eigenvalue weighted by molar-refractivity contribution is 0.590. The highest BCUT2D eigenvalue weighted by Crippen LogP contribution is 2.25. The molecule has 13 heavy (non-hydrogen) atoms. The topological polar surface area (TPSA) is 17.0 Å². The maximum absolute atomic E-state index is 3.20. The molecule has 70 valence electrons. The molecule has 1 aliphatic rings. The highest BCUT2D eigenvalue weighted by atomic mass is 15.0. The average molecular weight is 176 g/mol. The Morgan fingerprint density at radius 3 is 2.77 bits per heavy atom. The van der Waals surface area contributed by atoms with Gasteiger partial charge in [0, 0.05) is 24.3 Å². The van der Waals surface area contributed by atoms with Crippen LogP contribution >= 0.6 is 0 Å². The second-order valence-corrected chi connectivity index (χ2v) is 4.57. The van der Waals surface area contributed by atoms with Crippen LogP contribution in [-0.4, -0.2) is 4.57 Å². The minimum Gasteiger partial charge on any atom is -0.384 e. The number of nitrogens with zero attached hydrogens (tertiary/aromatic N) is 1. The lowest BCUT2D eigenvalue weighted by Gasteiger charge is -2.15. The molecule has 2 nitrogen and oxygen atoms in total. The van der Waals surface area contributed by atoms with Crippen molar-refractivity contribution in [2.45, 2.75) is 32.7 Å².